The Morgan fingerprint density at radius 1 is 1.80 bits per heavy atom. The van der Waals surface area contributed by atoms with Crippen molar-refractivity contribution in [2.75, 3.05) is 0 Å². The molecule has 10 heavy (non-hydrogen) atoms. The maximum Gasteiger partial charge on any atom is 0.303 e. The molecule has 0 fully saturated rings. The van der Waals surface area contributed by atoms with Crippen molar-refractivity contribution in [3.05, 3.63) is 11.9 Å². The van der Waals surface area contributed by atoms with Crippen LogP contribution in [-0.4, -0.2) is 26.5 Å². The lowest BCUT2D eigenvalue weighted by atomic mass is 10.2. The zero-order valence-corrected chi connectivity index (χ0v) is 5.16. The SMILES string of the molecule is O=C(O)CCc1[c][nH]nn1. The van der Waals surface area contributed by atoms with E-state index in [-0.39, 0.29) is 6.42 Å². The van der Waals surface area contributed by atoms with E-state index in [1.54, 1.807) is 0 Å². The van der Waals surface area contributed by atoms with Crippen LogP contribution in [0.15, 0.2) is 0 Å². The molecule has 0 saturated heterocycles. The first-order chi connectivity index (χ1) is 4.79. The van der Waals surface area contributed by atoms with Crippen molar-refractivity contribution < 1.29 is 9.90 Å². The molecule has 0 aliphatic heterocycles. The van der Waals surface area contributed by atoms with Crippen LogP contribution in [0.2, 0.25) is 0 Å². The molecule has 53 valence electrons. The highest BCUT2D eigenvalue weighted by Crippen LogP contribution is 1.93. The fourth-order valence-electron chi connectivity index (χ4n) is 0.538. The topological polar surface area (TPSA) is 78.9 Å². The van der Waals surface area contributed by atoms with Gasteiger partial charge in [-0.3, -0.25) is 9.89 Å². The van der Waals surface area contributed by atoms with Crippen LogP contribution in [0.3, 0.4) is 0 Å². The number of H-pyrrole nitrogens is 1. The largest absolute Gasteiger partial charge is 0.481 e. The summed E-state index contributed by atoms with van der Waals surface area (Å²) in [5, 5.41) is 17.6. The fraction of sp³-hybridized carbons (Fsp3) is 0.400. The summed E-state index contributed by atoms with van der Waals surface area (Å²) in [5.74, 6) is -0.837. The Morgan fingerprint density at radius 2 is 2.60 bits per heavy atom. The smallest absolute Gasteiger partial charge is 0.303 e. The average Bonchev–Trinajstić information content (AvgIpc) is 2.34. The lowest BCUT2D eigenvalue weighted by molar-refractivity contribution is -0.136. The van der Waals surface area contributed by atoms with Gasteiger partial charge in [-0.15, -0.1) is 5.10 Å². The molecule has 1 aromatic heterocycles. The number of hydrogen-bond donors (Lipinski definition) is 2. The molecule has 0 bridgehead atoms. The van der Waals surface area contributed by atoms with Crippen LogP contribution < -0.4 is 0 Å². The molecular weight excluding hydrogens is 134 g/mol. The lowest BCUT2D eigenvalue weighted by Gasteiger charge is -1.86. The number of rotatable bonds is 3. The monoisotopic (exact) mass is 140 g/mol. The minimum atomic E-state index is -0.837. The first-order valence-electron chi connectivity index (χ1n) is 2.78. The highest BCUT2D eigenvalue weighted by molar-refractivity contribution is 5.66. The molecule has 1 rings (SSSR count). The minimum absolute atomic E-state index is 0.0725. The van der Waals surface area contributed by atoms with Gasteiger partial charge in [0.2, 0.25) is 0 Å². The van der Waals surface area contributed by atoms with E-state index in [0.717, 1.165) is 0 Å². The molecule has 0 atom stereocenters. The van der Waals surface area contributed by atoms with Gasteiger partial charge in [0.05, 0.1) is 12.1 Å². The standard InChI is InChI=1S/C5H6N3O2/c9-5(10)2-1-4-3-6-8-7-4/h1-2H2,(H,9,10)(H,6,7,8). The fourth-order valence-corrected chi connectivity index (χ4v) is 0.538. The van der Waals surface area contributed by atoms with E-state index in [9.17, 15) is 4.79 Å². The summed E-state index contributed by atoms with van der Waals surface area (Å²) in [6, 6.07) is 0. The number of nitrogens with zero attached hydrogens (tertiary/aromatic N) is 2. The van der Waals surface area contributed by atoms with Crippen LogP contribution in [0.4, 0.5) is 0 Å². The zero-order valence-electron chi connectivity index (χ0n) is 5.16. The number of carboxylic acids is 1. The second kappa shape index (κ2) is 2.95. The minimum Gasteiger partial charge on any atom is -0.481 e. The molecule has 1 aromatic rings. The molecule has 0 unspecified atom stereocenters. The van der Waals surface area contributed by atoms with Crippen molar-refractivity contribution >= 4 is 5.97 Å². The summed E-state index contributed by atoms with van der Waals surface area (Å²) in [6.45, 7) is 0. The number of aliphatic carboxylic acids is 1. The van der Waals surface area contributed by atoms with Crippen LogP contribution in [0.25, 0.3) is 0 Å². The van der Waals surface area contributed by atoms with Gasteiger partial charge in [-0.25, -0.2) is 0 Å². The van der Waals surface area contributed by atoms with Crippen LogP contribution in [0.1, 0.15) is 12.1 Å². The summed E-state index contributed by atoms with van der Waals surface area (Å²) >= 11 is 0. The van der Waals surface area contributed by atoms with Crippen LogP contribution in [0, 0.1) is 6.20 Å². The van der Waals surface area contributed by atoms with Crippen LogP contribution >= 0.6 is 0 Å². The van der Waals surface area contributed by atoms with E-state index >= 15 is 0 Å². The summed E-state index contributed by atoms with van der Waals surface area (Å²) in [5.41, 5.74) is 0.558. The summed E-state index contributed by atoms with van der Waals surface area (Å²) in [4.78, 5) is 10.0. The van der Waals surface area contributed by atoms with Gasteiger partial charge in [0, 0.05) is 6.42 Å². The number of aromatic nitrogens is 3. The predicted octanol–water partition coefficient (Wildman–Crippen LogP) is -0.378. The van der Waals surface area contributed by atoms with E-state index in [0.29, 0.717) is 12.1 Å². The van der Waals surface area contributed by atoms with Crippen molar-refractivity contribution in [2.45, 2.75) is 12.8 Å². The number of hydrogen-bond acceptors (Lipinski definition) is 3. The zero-order chi connectivity index (χ0) is 7.40. The van der Waals surface area contributed by atoms with E-state index in [4.69, 9.17) is 5.11 Å². The first kappa shape index (κ1) is 6.73. The van der Waals surface area contributed by atoms with Crippen LogP contribution in [-0.2, 0) is 11.2 Å². The first-order valence-corrected chi connectivity index (χ1v) is 2.78. The molecule has 1 radical (unpaired) electrons. The van der Waals surface area contributed by atoms with E-state index < -0.39 is 5.97 Å². The van der Waals surface area contributed by atoms with E-state index in [1.807, 2.05) is 0 Å². The highest BCUT2D eigenvalue weighted by atomic mass is 16.4. The lowest BCUT2D eigenvalue weighted by Crippen LogP contribution is -1.97. The Labute approximate surface area is 57.1 Å². The molecule has 0 aromatic carbocycles. The summed E-state index contributed by atoms with van der Waals surface area (Å²) in [6.07, 6.45) is 3.04. The Kier molecular flexibility index (Phi) is 1.99. The number of carbonyl (C=O) groups is 1. The third-order valence-electron chi connectivity index (χ3n) is 0.997. The Morgan fingerprint density at radius 3 is 3.10 bits per heavy atom. The summed E-state index contributed by atoms with van der Waals surface area (Å²) in [7, 11) is 0. The number of aryl methyl sites for hydroxylation is 1. The number of carboxylic acid groups (broad SMARTS) is 1. The van der Waals surface area contributed by atoms with Gasteiger partial charge in [0.15, 0.2) is 0 Å². The van der Waals surface area contributed by atoms with Crippen molar-refractivity contribution in [1.29, 1.82) is 0 Å². The molecule has 2 N–H and O–H groups in total. The molecule has 5 nitrogen and oxygen atoms in total. The van der Waals surface area contributed by atoms with Gasteiger partial charge < -0.3 is 5.11 Å². The Hall–Kier alpha value is -1.39. The molecule has 5 heteroatoms. The van der Waals surface area contributed by atoms with Crippen molar-refractivity contribution in [3.63, 3.8) is 0 Å². The molecule has 0 aliphatic rings. The predicted molar refractivity (Wildman–Crippen MR) is 31.2 cm³/mol. The van der Waals surface area contributed by atoms with Gasteiger partial charge in [0.25, 0.3) is 0 Å². The average molecular weight is 140 g/mol. The molecule has 0 amide bonds. The number of nitrogens with one attached hydrogen (secondary N) is 1. The highest BCUT2D eigenvalue weighted by Gasteiger charge is 2.00. The van der Waals surface area contributed by atoms with E-state index in [1.165, 1.54) is 0 Å². The Bertz CT molecular complexity index is 207. The van der Waals surface area contributed by atoms with Gasteiger partial charge >= 0.3 is 5.97 Å². The van der Waals surface area contributed by atoms with Crippen molar-refractivity contribution in [2.24, 2.45) is 0 Å². The second-order valence-electron chi connectivity index (χ2n) is 1.78. The van der Waals surface area contributed by atoms with Crippen LogP contribution in [0.5, 0.6) is 0 Å². The third kappa shape index (κ3) is 1.85. The van der Waals surface area contributed by atoms with Crippen molar-refractivity contribution in [1.82, 2.24) is 15.4 Å². The quantitative estimate of drug-likeness (QED) is 0.600. The maximum absolute atomic E-state index is 10.0. The van der Waals surface area contributed by atoms with E-state index in [2.05, 4.69) is 21.6 Å². The Balaban J connectivity index is 2.35. The molecule has 0 aliphatic carbocycles. The normalized spacial score (nSPS) is 9.60. The molecule has 0 saturated carbocycles. The number of aromatic amines is 1. The van der Waals surface area contributed by atoms with Crippen molar-refractivity contribution in [3.8, 4) is 0 Å². The molecule has 1 heterocycles. The van der Waals surface area contributed by atoms with Gasteiger partial charge in [-0.05, 0) is 0 Å². The summed E-state index contributed by atoms with van der Waals surface area (Å²) < 4.78 is 0. The second-order valence-corrected chi connectivity index (χ2v) is 1.78. The molecule has 0 spiro atoms. The maximum atomic E-state index is 10.0. The third-order valence-corrected chi connectivity index (χ3v) is 0.997. The van der Waals surface area contributed by atoms with Gasteiger partial charge in [-0.2, -0.15) is 0 Å². The molecular formula is C5H6N3O2. The van der Waals surface area contributed by atoms with Gasteiger partial charge in [0.1, 0.15) is 6.20 Å². The van der Waals surface area contributed by atoms with Gasteiger partial charge in [-0.1, -0.05) is 5.21 Å².